The second kappa shape index (κ2) is 7.66. The average molecular weight is 260 g/mol. The van der Waals surface area contributed by atoms with Gasteiger partial charge in [0.15, 0.2) is 0 Å². The number of nitrogens with one attached hydrogen (secondary N) is 1. The fourth-order valence-corrected chi connectivity index (χ4v) is 2.38. The van der Waals surface area contributed by atoms with Gasteiger partial charge in [0.2, 0.25) is 0 Å². The SMILES string of the molecule is CC(CCCNC1CC1)N(C)CCc1ccccc1. The van der Waals surface area contributed by atoms with Crippen molar-refractivity contribution in [3.05, 3.63) is 35.9 Å². The minimum Gasteiger partial charge on any atom is -0.314 e. The maximum absolute atomic E-state index is 3.59. The normalized spacial score (nSPS) is 16.8. The van der Waals surface area contributed by atoms with Gasteiger partial charge in [-0.25, -0.2) is 0 Å². The van der Waals surface area contributed by atoms with Crippen LogP contribution in [0.1, 0.15) is 38.2 Å². The van der Waals surface area contributed by atoms with E-state index >= 15 is 0 Å². The molecule has 1 aliphatic rings. The van der Waals surface area contributed by atoms with Gasteiger partial charge < -0.3 is 10.2 Å². The summed E-state index contributed by atoms with van der Waals surface area (Å²) in [6, 6.07) is 12.3. The molecule has 106 valence electrons. The van der Waals surface area contributed by atoms with Crippen LogP contribution in [-0.4, -0.2) is 37.1 Å². The van der Waals surface area contributed by atoms with Crippen molar-refractivity contribution in [1.29, 1.82) is 0 Å². The predicted octanol–water partition coefficient (Wildman–Crippen LogP) is 3.08. The third kappa shape index (κ3) is 5.75. The molecular formula is C17H28N2. The van der Waals surface area contributed by atoms with Gasteiger partial charge in [0.1, 0.15) is 0 Å². The second-order valence-corrected chi connectivity index (χ2v) is 5.94. The van der Waals surface area contributed by atoms with E-state index < -0.39 is 0 Å². The van der Waals surface area contributed by atoms with Crippen molar-refractivity contribution in [1.82, 2.24) is 10.2 Å². The fourth-order valence-electron chi connectivity index (χ4n) is 2.38. The Hall–Kier alpha value is -0.860. The lowest BCUT2D eigenvalue weighted by Crippen LogP contribution is -2.31. The molecule has 1 unspecified atom stereocenters. The van der Waals surface area contributed by atoms with E-state index in [2.05, 4.69) is 54.5 Å². The van der Waals surface area contributed by atoms with Crippen LogP contribution in [0.5, 0.6) is 0 Å². The van der Waals surface area contributed by atoms with Gasteiger partial charge in [0.25, 0.3) is 0 Å². The van der Waals surface area contributed by atoms with Crippen LogP contribution in [-0.2, 0) is 6.42 Å². The van der Waals surface area contributed by atoms with E-state index in [0.29, 0.717) is 6.04 Å². The van der Waals surface area contributed by atoms with Gasteiger partial charge in [0.05, 0.1) is 0 Å². The highest BCUT2D eigenvalue weighted by atomic mass is 15.1. The van der Waals surface area contributed by atoms with E-state index in [9.17, 15) is 0 Å². The largest absolute Gasteiger partial charge is 0.314 e. The summed E-state index contributed by atoms with van der Waals surface area (Å²) in [4.78, 5) is 2.49. The zero-order valence-corrected chi connectivity index (χ0v) is 12.4. The monoisotopic (exact) mass is 260 g/mol. The Morgan fingerprint density at radius 2 is 2.00 bits per heavy atom. The van der Waals surface area contributed by atoms with Crippen molar-refractivity contribution >= 4 is 0 Å². The molecule has 1 aliphatic carbocycles. The maximum atomic E-state index is 3.59. The minimum absolute atomic E-state index is 0.685. The molecule has 1 aromatic rings. The summed E-state index contributed by atoms with van der Waals surface area (Å²) in [6.07, 6.45) is 6.54. The quantitative estimate of drug-likeness (QED) is 0.686. The van der Waals surface area contributed by atoms with Crippen LogP contribution in [0.3, 0.4) is 0 Å². The van der Waals surface area contributed by atoms with E-state index in [0.717, 1.165) is 19.0 Å². The molecule has 0 aromatic heterocycles. The third-order valence-corrected chi connectivity index (χ3v) is 4.16. The zero-order valence-electron chi connectivity index (χ0n) is 12.4. The molecule has 0 bridgehead atoms. The Labute approximate surface area is 118 Å². The molecule has 0 amide bonds. The topological polar surface area (TPSA) is 15.3 Å². The number of hydrogen-bond acceptors (Lipinski definition) is 2. The van der Waals surface area contributed by atoms with Crippen LogP contribution in [0.25, 0.3) is 0 Å². The molecule has 0 heterocycles. The molecule has 0 aliphatic heterocycles. The van der Waals surface area contributed by atoms with Crippen molar-refractivity contribution < 1.29 is 0 Å². The standard InChI is InChI=1S/C17H28N2/c1-15(7-6-13-18-17-10-11-17)19(2)14-12-16-8-4-3-5-9-16/h3-5,8-9,15,17-18H,6-7,10-14H2,1-2H3. The molecular weight excluding hydrogens is 232 g/mol. The predicted molar refractivity (Wildman–Crippen MR) is 82.5 cm³/mol. The second-order valence-electron chi connectivity index (χ2n) is 5.94. The molecule has 0 spiro atoms. The Bertz CT molecular complexity index is 346. The first-order valence-electron chi connectivity index (χ1n) is 7.73. The molecule has 2 heteroatoms. The van der Waals surface area contributed by atoms with Crippen molar-refractivity contribution in [2.45, 2.75) is 51.1 Å². The van der Waals surface area contributed by atoms with Gasteiger partial charge in [-0.3, -0.25) is 0 Å². The van der Waals surface area contributed by atoms with E-state index in [1.165, 1.54) is 37.8 Å². The van der Waals surface area contributed by atoms with E-state index in [1.54, 1.807) is 0 Å². The first-order chi connectivity index (χ1) is 9.25. The Kier molecular flexibility index (Phi) is 5.87. The summed E-state index contributed by atoms with van der Waals surface area (Å²) >= 11 is 0. The number of rotatable bonds is 9. The van der Waals surface area contributed by atoms with Gasteiger partial charge in [-0.15, -0.1) is 0 Å². The van der Waals surface area contributed by atoms with Crippen LogP contribution in [0.15, 0.2) is 30.3 Å². The Morgan fingerprint density at radius 1 is 1.26 bits per heavy atom. The minimum atomic E-state index is 0.685. The van der Waals surface area contributed by atoms with Crippen molar-refractivity contribution in [2.75, 3.05) is 20.1 Å². The van der Waals surface area contributed by atoms with Crippen molar-refractivity contribution in [2.24, 2.45) is 0 Å². The molecule has 1 saturated carbocycles. The molecule has 0 radical (unpaired) electrons. The highest BCUT2D eigenvalue weighted by Crippen LogP contribution is 2.18. The summed E-state index contributed by atoms with van der Waals surface area (Å²) in [5.74, 6) is 0. The number of hydrogen-bond donors (Lipinski definition) is 1. The Morgan fingerprint density at radius 3 is 2.68 bits per heavy atom. The van der Waals surface area contributed by atoms with Gasteiger partial charge in [0, 0.05) is 18.6 Å². The highest BCUT2D eigenvalue weighted by Gasteiger charge is 2.19. The van der Waals surface area contributed by atoms with Crippen molar-refractivity contribution in [3.63, 3.8) is 0 Å². The lowest BCUT2D eigenvalue weighted by Gasteiger charge is -2.24. The van der Waals surface area contributed by atoms with Gasteiger partial charge in [-0.2, -0.15) is 0 Å². The van der Waals surface area contributed by atoms with Crippen LogP contribution in [0, 0.1) is 0 Å². The first kappa shape index (κ1) is 14.5. The van der Waals surface area contributed by atoms with Crippen LogP contribution in [0.4, 0.5) is 0 Å². The smallest absolute Gasteiger partial charge is 0.00682 e. The molecule has 2 nitrogen and oxygen atoms in total. The third-order valence-electron chi connectivity index (χ3n) is 4.16. The summed E-state index contributed by atoms with van der Waals surface area (Å²) in [5, 5.41) is 3.59. The fraction of sp³-hybridized carbons (Fsp3) is 0.647. The van der Waals surface area contributed by atoms with Gasteiger partial charge in [-0.1, -0.05) is 30.3 Å². The average Bonchev–Trinajstić information content (AvgIpc) is 3.26. The van der Waals surface area contributed by atoms with E-state index in [4.69, 9.17) is 0 Å². The van der Waals surface area contributed by atoms with Crippen LogP contribution < -0.4 is 5.32 Å². The zero-order chi connectivity index (χ0) is 13.5. The summed E-state index contributed by atoms with van der Waals surface area (Å²) in [5.41, 5.74) is 1.44. The Balaban J connectivity index is 1.57. The number of nitrogens with zero attached hydrogens (tertiary/aromatic N) is 1. The molecule has 1 atom stereocenters. The number of likely N-dealkylation sites (N-methyl/N-ethyl adjacent to an activating group) is 1. The summed E-state index contributed by atoms with van der Waals surface area (Å²) < 4.78 is 0. The molecule has 1 aromatic carbocycles. The highest BCUT2D eigenvalue weighted by molar-refractivity contribution is 5.14. The molecule has 0 saturated heterocycles. The van der Waals surface area contributed by atoms with Crippen LogP contribution >= 0.6 is 0 Å². The van der Waals surface area contributed by atoms with E-state index in [-0.39, 0.29) is 0 Å². The summed E-state index contributed by atoms with van der Waals surface area (Å²) in [7, 11) is 2.25. The van der Waals surface area contributed by atoms with Crippen molar-refractivity contribution in [3.8, 4) is 0 Å². The maximum Gasteiger partial charge on any atom is 0.00682 e. The molecule has 2 rings (SSSR count). The molecule has 1 fully saturated rings. The van der Waals surface area contributed by atoms with E-state index in [1.807, 2.05) is 0 Å². The lowest BCUT2D eigenvalue weighted by molar-refractivity contribution is 0.245. The molecule has 1 N–H and O–H groups in total. The number of benzene rings is 1. The lowest BCUT2D eigenvalue weighted by atomic mass is 10.1. The summed E-state index contributed by atoms with van der Waals surface area (Å²) in [6.45, 7) is 4.70. The van der Waals surface area contributed by atoms with Crippen LogP contribution in [0.2, 0.25) is 0 Å². The van der Waals surface area contributed by atoms with Gasteiger partial charge >= 0.3 is 0 Å². The molecule has 19 heavy (non-hydrogen) atoms. The van der Waals surface area contributed by atoms with Gasteiger partial charge in [-0.05, 0) is 58.2 Å². The first-order valence-corrected chi connectivity index (χ1v) is 7.73.